The molecule has 5 nitrogen and oxygen atoms in total. The van der Waals surface area contributed by atoms with Gasteiger partial charge in [-0.2, -0.15) is 0 Å². The zero-order valence-corrected chi connectivity index (χ0v) is 13.2. The van der Waals surface area contributed by atoms with Crippen molar-refractivity contribution in [1.82, 2.24) is 5.32 Å². The van der Waals surface area contributed by atoms with Crippen molar-refractivity contribution in [2.24, 2.45) is 0 Å². The van der Waals surface area contributed by atoms with Crippen LogP contribution in [-0.4, -0.2) is 23.8 Å². The van der Waals surface area contributed by atoms with E-state index in [0.29, 0.717) is 11.4 Å². The van der Waals surface area contributed by atoms with E-state index in [-0.39, 0.29) is 12.1 Å². The number of halogens is 1. The van der Waals surface area contributed by atoms with Crippen molar-refractivity contribution in [3.63, 3.8) is 0 Å². The first kappa shape index (κ1) is 16.4. The first-order valence-corrected chi connectivity index (χ1v) is 7.46. The van der Waals surface area contributed by atoms with Gasteiger partial charge in [0.05, 0.1) is 11.7 Å². The average Bonchev–Trinajstić information content (AvgIpc) is 2.79. The van der Waals surface area contributed by atoms with Gasteiger partial charge in [-0.25, -0.2) is 9.18 Å². The summed E-state index contributed by atoms with van der Waals surface area (Å²) in [6.07, 6.45) is 1.77. The molecule has 0 bridgehead atoms. The molecule has 1 amide bonds. The van der Waals surface area contributed by atoms with Gasteiger partial charge in [0.15, 0.2) is 0 Å². The number of carbonyl (C=O) groups excluding carboxylic acids is 1. The molecular formula is C16H23FN2O3. The van der Waals surface area contributed by atoms with E-state index >= 15 is 0 Å². The number of hydrogen-bond donors (Lipinski definition) is 2. The van der Waals surface area contributed by atoms with Crippen LogP contribution in [-0.2, 0) is 4.74 Å². The molecule has 1 aliphatic carbocycles. The summed E-state index contributed by atoms with van der Waals surface area (Å²) in [5, 5.41) is 2.82. The fourth-order valence-electron chi connectivity index (χ4n) is 2.46. The van der Waals surface area contributed by atoms with Gasteiger partial charge >= 0.3 is 6.09 Å². The first-order valence-electron chi connectivity index (χ1n) is 7.46. The minimum absolute atomic E-state index is 0.169. The molecule has 2 unspecified atom stereocenters. The number of amides is 1. The van der Waals surface area contributed by atoms with E-state index in [4.69, 9.17) is 15.2 Å². The zero-order valence-electron chi connectivity index (χ0n) is 13.2. The molecule has 6 heteroatoms. The Morgan fingerprint density at radius 3 is 2.77 bits per heavy atom. The monoisotopic (exact) mass is 310 g/mol. The largest absolute Gasteiger partial charge is 0.486 e. The van der Waals surface area contributed by atoms with Gasteiger partial charge in [-0.15, -0.1) is 0 Å². The van der Waals surface area contributed by atoms with Crippen molar-refractivity contribution in [3.05, 3.63) is 24.0 Å². The molecular weight excluding hydrogens is 287 g/mol. The molecule has 2 atom stereocenters. The summed E-state index contributed by atoms with van der Waals surface area (Å²) in [5.41, 5.74) is 5.62. The number of nitrogen functional groups attached to an aromatic ring is 1. The van der Waals surface area contributed by atoms with E-state index in [9.17, 15) is 9.18 Å². The molecule has 1 aromatic rings. The summed E-state index contributed by atoms with van der Waals surface area (Å²) in [6.45, 7) is 5.42. The fraction of sp³-hybridized carbons (Fsp3) is 0.562. The van der Waals surface area contributed by atoms with Crippen molar-refractivity contribution in [2.45, 2.75) is 57.8 Å². The molecule has 2 rings (SSSR count). The highest BCUT2D eigenvalue weighted by Gasteiger charge is 2.32. The molecule has 1 aromatic carbocycles. The Labute approximate surface area is 130 Å². The van der Waals surface area contributed by atoms with E-state index in [1.54, 1.807) is 0 Å². The molecule has 1 fully saturated rings. The third-order valence-electron chi connectivity index (χ3n) is 3.41. The van der Waals surface area contributed by atoms with Crippen molar-refractivity contribution >= 4 is 11.8 Å². The van der Waals surface area contributed by atoms with Crippen LogP contribution in [0, 0.1) is 5.82 Å². The van der Waals surface area contributed by atoms with Gasteiger partial charge in [-0.05, 0) is 52.2 Å². The van der Waals surface area contributed by atoms with Crippen LogP contribution in [0.1, 0.15) is 40.0 Å². The number of nitrogens with one attached hydrogen (secondary N) is 1. The minimum Gasteiger partial charge on any atom is -0.486 e. The third kappa shape index (κ3) is 4.51. The van der Waals surface area contributed by atoms with E-state index in [1.807, 2.05) is 20.8 Å². The number of anilines is 1. The van der Waals surface area contributed by atoms with Crippen molar-refractivity contribution in [2.75, 3.05) is 5.73 Å². The van der Waals surface area contributed by atoms with Crippen LogP contribution in [0.25, 0.3) is 0 Å². The van der Waals surface area contributed by atoms with Gasteiger partial charge in [-0.1, -0.05) is 0 Å². The lowest BCUT2D eigenvalue weighted by Gasteiger charge is -2.25. The molecule has 1 aliphatic rings. The van der Waals surface area contributed by atoms with Gasteiger partial charge in [0.25, 0.3) is 0 Å². The molecule has 0 saturated heterocycles. The summed E-state index contributed by atoms with van der Waals surface area (Å²) in [6, 6.07) is 3.85. The predicted molar refractivity (Wildman–Crippen MR) is 82.2 cm³/mol. The summed E-state index contributed by atoms with van der Waals surface area (Å²) >= 11 is 0. The standard InChI is InChI=1S/C16H23FN2O3/c1-16(2,3)22-15(20)19-12-5-4-6-13(12)21-14-9-10(17)7-8-11(14)18/h7-9,12-13H,4-6,18H2,1-3H3,(H,19,20). The number of benzene rings is 1. The van der Waals surface area contributed by atoms with E-state index in [1.165, 1.54) is 18.2 Å². The van der Waals surface area contributed by atoms with E-state index < -0.39 is 17.5 Å². The quantitative estimate of drug-likeness (QED) is 0.841. The zero-order chi connectivity index (χ0) is 16.3. The maximum absolute atomic E-state index is 13.3. The maximum Gasteiger partial charge on any atom is 0.408 e. The Balaban J connectivity index is 1.99. The van der Waals surface area contributed by atoms with Crippen LogP contribution >= 0.6 is 0 Å². The van der Waals surface area contributed by atoms with Gasteiger partial charge in [-0.3, -0.25) is 0 Å². The number of nitrogens with two attached hydrogens (primary N) is 1. The number of alkyl carbamates (subject to hydrolysis) is 1. The summed E-state index contributed by atoms with van der Waals surface area (Å²) < 4.78 is 24.3. The molecule has 3 N–H and O–H groups in total. The second-order valence-corrected chi connectivity index (χ2v) is 6.52. The Hall–Kier alpha value is -1.98. The van der Waals surface area contributed by atoms with Crippen LogP contribution in [0.5, 0.6) is 5.75 Å². The predicted octanol–water partition coefficient (Wildman–Crippen LogP) is 3.23. The van der Waals surface area contributed by atoms with E-state index in [2.05, 4.69) is 5.32 Å². The average molecular weight is 310 g/mol. The van der Waals surface area contributed by atoms with Gasteiger partial charge in [0, 0.05) is 6.07 Å². The molecule has 0 heterocycles. The normalized spacial score (nSPS) is 21.5. The Bertz CT molecular complexity index is 543. The van der Waals surface area contributed by atoms with E-state index in [0.717, 1.165) is 19.3 Å². The number of carbonyl (C=O) groups is 1. The summed E-state index contributed by atoms with van der Waals surface area (Å²) in [4.78, 5) is 11.9. The Morgan fingerprint density at radius 1 is 1.36 bits per heavy atom. The van der Waals surface area contributed by atoms with Gasteiger partial charge < -0.3 is 20.5 Å². The van der Waals surface area contributed by atoms with Crippen molar-refractivity contribution < 1.29 is 18.7 Å². The SMILES string of the molecule is CC(C)(C)OC(=O)NC1CCCC1Oc1cc(F)ccc1N. The second-order valence-electron chi connectivity index (χ2n) is 6.52. The van der Waals surface area contributed by atoms with Crippen molar-refractivity contribution in [1.29, 1.82) is 0 Å². The highest BCUT2D eigenvalue weighted by atomic mass is 19.1. The number of hydrogen-bond acceptors (Lipinski definition) is 4. The fourth-order valence-corrected chi connectivity index (χ4v) is 2.46. The summed E-state index contributed by atoms with van der Waals surface area (Å²) in [5.74, 6) is -0.0956. The lowest BCUT2D eigenvalue weighted by Crippen LogP contribution is -2.44. The minimum atomic E-state index is -0.550. The first-order chi connectivity index (χ1) is 10.2. The van der Waals surface area contributed by atoms with Crippen LogP contribution in [0.15, 0.2) is 18.2 Å². The Morgan fingerprint density at radius 2 is 2.09 bits per heavy atom. The Kier molecular flexibility index (Phi) is 4.78. The van der Waals surface area contributed by atoms with Gasteiger partial charge in [0.1, 0.15) is 23.3 Å². The maximum atomic E-state index is 13.3. The molecule has 1 saturated carbocycles. The van der Waals surface area contributed by atoms with Crippen LogP contribution in [0.2, 0.25) is 0 Å². The topological polar surface area (TPSA) is 73.6 Å². The smallest absolute Gasteiger partial charge is 0.408 e. The third-order valence-corrected chi connectivity index (χ3v) is 3.41. The number of ether oxygens (including phenoxy) is 2. The highest BCUT2D eigenvalue weighted by molar-refractivity contribution is 5.68. The molecule has 22 heavy (non-hydrogen) atoms. The van der Waals surface area contributed by atoms with Crippen LogP contribution in [0.4, 0.5) is 14.9 Å². The van der Waals surface area contributed by atoms with Crippen LogP contribution in [0.3, 0.4) is 0 Å². The molecule has 0 radical (unpaired) electrons. The molecule has 0 aromatic heterocycles. The van der Waals surface area contributed by atoms with Crippen LogP contribution < -0.4 is 15.8 Å². The number of rotatable bonds is 3. The van der Waals surface area contributed by atoms with Crippen molar-refractivity contribution in [3.8, 4) is 5.75 Å². The second kappa shape index (κ2) is 6.42. The molecule has 0 aliphatic heterocycles. The molecule has 0 spiro atoms. The highest BCUT2D eigenvalue weighted by Crippen LogP contribution is 2.29. The van der Waals surface area contributed by atoms with Gasteiger partial charge in [0.2, 0.25) is 0 Å². The lowest BCUT2D eigenvalue weighted by molar-refractivity contribution is 0.0464. The lowest BCUT2D eigenvalue weighted by atomic mass is 10.2. The summed E-state index contributed by atoms with van der Waals surface area (Å²) in [7, 11) is 0. The molecule has 122 valence electrons.